The largest absolute Gasteiger partial charge is 0.550 e. The summed E-state index contributed by atoms with van der Waals surface area (Å²) >= 11 is 0.954. The Bertz CT molecular complexity index is 671. The van der Waals surface area contributed by atoms with Crippen LogP contribution in [0.25, 0.3) is 0 Å². The summed E-state index contributed by atoms with van der Waals surface area (Å²) in [7, 11) is 0. The summed E-state index contributed by atoms with van der Waals surface area (Å²) < 4.78 is 0. The lowest BCUT2D eigenvalue weighted by Crippen LogP contribution is -2.31. The first-order valence-corrected chi connectivity index (χ1v) is 6.86. The fourth-order valence-electron chi connectivity index (χ4n) is 1.57. The normalized spacial score (nSPS) is 19.5. The van der Waals surface area contributed by atoms with Gasteiger partial charge in [0.25, 0.3) is 5.69 Å². The zero-order valence-electron chi connectivity index (χ0n) is 11.0. The van der Waals surface area contributed by atoms with Gasteiger partial charge in [0.05, 0.1) is 16.4 Å². The number of amidine groups is 1. The lowest BCUT2D eigenvalue weighted by Gasteiger charge is -2.04. The molecule has 22 heavy (non-hydrogen) atoms. The van der Waals surface area contributed by atoms with Gasteiger partial charge in [-0.1, -0.05) is 11.8 Å². The van der Waals surface area contributed by atoms with Gasteiger partial charge in [0, 0.05) is 24.5 Å². The maximum Gasteiger partial charge on any atom is 0.269 e. The molecule has 9 nitrogen and oxygen atoms in total. The van der Waals surface area contributed by atoms with Crippen LogP contribution in [0.3, 0.4) is 0 Å². The summed E-state index contributed by atoms with van der Waals surface area (Å²) in [5.74, 6) is -1.78. The first kappa shape index (κ1) is 15.6. The Hall–Kier alpha value is -2.75. The van der Waals surface area contributed by atoms with E-state index in [-0.39, 0.29) is 10.9 Å². The maximum absolute atomic E-state index is 11.4. The van der Waals surface area contributed by atoms with Crippen molar-refractivity contribution in [1.29, 1.82) is 0 Å². The highest BCUT2D eigenvalue weighted by atomic mass is 32.2. The van der Waals surface area contributed by atoms with E-state index in [1.807, 2.05) is 0 Å². The highest BCUT2D eigenvalue weighted by Crippen LogP contribution is 2.21. The minimum atomic E-state index is -1.32. The molecule has 1 aromatic carbocycles. The van der Waals surface area contributed by atoms with Crippen LogP contribution in [0.1, 0.15) is 12.0 Å². The highest BCUT2D eigenvalue weighted by molar-refractivity contribution is 8.15. The van der Waals surface area contributed by atoms with Crippen molar-refractivity contribution in [2.45, 2.75) is 11.7 Å². The minimum Gasteiger partial charge on any atom is -0.550 e. The monoisotopic (exact) mass is 321 g/mol. The van der Waals surface area contributed by atoms with Gasteiger partial charge >= 0.3 is 0 Å². The van der Waals surface area contributed by atoms with Gasteiger partial charge < -0.3 is 15.2 Å². The molecule has 1 aliphatic rings. The Morgan fingerprint density at radius 2 is 2.09 bits per heavy atom. The molecule has 0 aliphatic carbocycles. The number of carbonyl (C=O) groups excluding carboxylic acids is 2. The van der Waals surface area contributed by atoms with Crippen LogP contribution in [0.5, 0.6) is 0 Å². The van der Waals surface area contributed by atoms with E-state index in [1.54, 1.807) is 0 Å². The number of thioether (sulfide) groups is 1. The topological polar surface area (TPSA) is 137 Å². The number of hydrogen-bond donors (Lipinski definition) is 1. The predicted octanol–water partition coefficient (Wildman–Crippen LogP) is -0.344. The van der Waals surface area contributed by atoms with Gasteiger partial charge in [0.1, 0.15) is 0 Å². The van der Waals surface area contributed by atoms with Crippen molar-refractivity contribution < 1.29 is 19.6 Å². The zero-order valence-corrected chi connectivity index (χ0v) is 11.8. The number of nitrogens with one attached hydrogen (secondary N) is 1. The first-order valence-electron chi connectivity index (χ1n) is 5.98. The predicted molar refractivity (Wildman–Crippen MR) is 77.3 cm³/mol. The summed E-state index contributed by atoms with van der Waals surface area (Å²) in [6, 6.07) is 5.66. The maximum atomic E-state index is 11.4. The third kappa shape index (κ3) is 4.12. The quantitative estimate of drug-likeness (QED) is 0.447. The van der Waals surface area contributed by atoms with E-state index >= 15 is 0 Å². The molecule has 0 aromatic heterocycles. The molecule has 1 heterocycles. The van der Waals surface area contributed by atoms with Gasteiger partial charge in [-0.15, -0.1) is 5.10 Å². The van der Waals surface area contributed by atoms with E-state index in [9.17, 15) is 24.8 Å². The summed E-state index contributed by atoms with van der Waals surface area (Å²) in [4.78, 5) is 31.9. The van der Waals surface area contributed by atoms with Crippen molar-refractivity contribution in [2.24, 2.45) is 10.2 Å². The number of rotatable bonds is 5. The van der Waals surface area contributed by atoms with Gasteiger partial charge in [-0.3, -0.25) is 14.9 Å². The number of nitro groups is 1. The van der Waals surface area contributed by atoms with Crippen LogP contribution in [0.4, 0.5) is 5.69 Å². The van der Waals surface area contributed by atoms with Crippen LogP contribution in [0.2, 0.25) is 0 Å². The Morgan fingerprint density at radius 3 is 2.68 bits per heavy atom. The molecular weight excluding hydrogens is 312 g/mol. The number of nitrogens with zero attached hydrogens (tertiary/aromatic N) is 3. The molecule has 1 aliphatic heterocycles. The molecule has 1 saturated heterocycles. The lowest BCUT2D eigenvalue weighted by molar-refractivity contribution is -0.384. The van der Waals surface area contributed by atoms with E-state index in [4.69, 9.17) is 0 Å². The van der Waals surface area contributed by atoms with Crippen molar-refractivity contribution in [2.75, 3.05) is 0 Å². The van der Waals surface area contributed by atoms with E-state index in [0.717, 1.165) is 11.8 Å². The van der Waals surface area contributed by atoms with Crippen LogP contribution < -0.4 is 10.4 Å². The first-order chi connectivity index (χ1) is 10.5. The molecule has 0 radical (unpaired) electrons. The van der Waals surface area contributed by atoms with Crippen molar-refractivity contribution in [1.82, 2.24) is 5.32 Å². The van der Waals surface area contributed by atoms with E-state index < -0.39 is 28.5 Å². The van der Waals surface area contributed by atoms with Crippen molar-refractivity contribution in [3.05, 3.63) is 39.9 Å². The number of hydrogen-bond acceptors (Lipinski definition) is 8. The molecular formula is C12H9N4O5S-. The molecule has 1 aromatic rings. The number of benzene rings is 1. The number of nitro benzene ring substituents is 1. The van der Waals surface area contributed by atoms with E-state index in [0.29, 0.717) is 5.56 Å². The van der Waals surface area contributed by atoms with E-state index in [1.165, 1.54) is 30.5 Å². The summed E-state index contributed by atoms with van der Waals surface area (Å²) in [6.45, 7) is 0. The van der Waals surface area contributed by atoms with Crippen molar-refractivity contribution >= 4 is 40.7 Å². The molecule has 1 N–H and O–H groups in total. The fourth-order valence-corrected chi connectivity index (χ4v) is 2.48. The summed E-state index contributed by atoms with van der Waals surface area (Å²) in [6.07, 6.45) is 0.955. The second-order valence-electron chi connectivity index (χ2n) is 4.17. The van der Waals surface area contributed by atoms with Crippen LogP contribution in [0, 0.1) is 10.1 Å². The Morgan fingerprint density at radius 1 is 1.41 bits per heavy atom. The standard InChI is InChI=1S/C12H10N4O5S/c17-10(18)5-9-11(19)14-12(22-9)15-13-6-7-1-3-8(4-2-7)16(20)21/h1-4,6,9H,5H2,(H,17,18)(H,14,15,19)/p-1/b13-6-/t9-/m1/s1. The molecule has 1 fully saturated rings. The Balaban J connectivity index is 1.98. The number of carboxylic acids is 1. The average molecular weight is 321 g/mol. The van der Waals surface area contributed by atoms with Gasteiger partial charge in [-0.05, 0) is 17.7 Å². The second kappa shape index (κ2) is 6.80. The third-order valence-electron chi connectivity index (χ3n) is 2.59. The number of aliphatic carboxylic acids is 1. The zero-order chi connectivity index (χ0) is 16.1. The van der Waals surface area contributed by atoms with Gasteiger partial charge in [0.2, 0.25) is 5.91 Å². The molecule has 10 heteroatoms. The van der Waals surface area contributed by atoms with Crippen LogP contribution in [-0.4, -0.2) is 33.4 Å². The molecule has 1 atom stereocenters. The number of non-ortho nitro benzene ring substituents is 1. The van der Waals surface area contributed by atoms with Gasteiger partial charge in [-0.2, -0.15) is 5.10 Å². The number of carbonyl (C=O) groups is 2. The van der Waals surface area contributed by atoms with Gasteiger partial charge in [0.15, 0.2) is 5.17 Å². The molecule has 114 valence electrons. The molecule has 0 saturated carbocycles. The summed E-state index contributed by atoms with van der Waals surface area (Å²) in [5.41, 5.74) is 0.558. The van der Waals surface area contributed by atoms with Crippen LogP contribution >= 0.6 is 11.8 Å². The lowest BCUT2D eigenvalue weighted by atomic mass is 10.2. The minimum absolute atomic E-state index is 0.0350. The summed E-state index contributed by atoms with van der Waals surface area (Å²) in [5, 5.41) is 30.3. The number of carboxylic acid groups (broad SMARTS) is 1. The average Bonchev–Trinajstić information content (AvgIpc) is 2.79. The SMILES string of the molecule is O=C([O-])C[C@H]1S/C(=N\N=C/c2ccc([N+](=O)[O-])cc2)NC1=O. The molecule has 2 rings (SSSR count). The van der Waals surface area contributed by atoms with Crippen LogP contribution in [0.15, 0.2) is 34.5 Å². The second-order valence-corrected chi connectivity index (χ2v) is 5.36. The number of amides is 1. The van der Waals surface area contributed by atoms with Crippen LogP contribution in [-0.2, 0) is 9.59 Å². The van der Waals surface area contributed by atoms with Crippen molar-refractivity contribution in [3.8, 4) is 0 Å². The molecule has 0 bridgehead atoms. The fraction of sp³-hybridized carbons (Fsp3) is 0.167. The third-order valence-corrected chi connectivity index (χ3v) is 3.66. The molecule has 1 amide bonds. The molecule has 0 unspecified atom stereocenters. The van der Waals surface area contributed by atoms with Gasteiger partial charge in [-0.25, -0.2) is 0 Å². The Kier molecular flexibility index (Phi) is 4.84. The van der Waals surface area contributed by atoms with Crippen molar-refractivity contribution in [3.63, 3.8) is 0 Å². The highest BCUT2D eigenvalue weighted by Gasteiger charge is 2.30. The smallest absolute Gasteiger partial charge is 0.269 e. The Labute approximate surface area is 128 Å². The van der Waals surface area contributed by atoms with E-state index in [2.05, 4.69) is 15.5 Å². The molecule has 0 spiro atoms.